The number of rotatable bonds is 2. The van der Waals surface area contributed by atoms with Crippen LogP contribution in [0.5, 0.6) is 0 Å². The van der Waals surface area contributed by atoms with E-state index in [1.165, 1.54) is 0 Å². The Bertz CT molecular complexity index is 355. The Morgan fingerprint density at radius 2 is 2.40 bits per heavy atom. The summed E-state index contributed by atoms with van der Waals surface area (Å²) in [5.74, 6) is 0.119. The first kappa shape index (κ1) is 10.4. The molecule has 1 amide bonds. The fourth-order valence-corrected chi connectivity index (χ4v) is 2.12. The smallest absolute Gasteiger partial charge is 0.224 e. The van der Waals surface area contributed by atoms with E-state index in [1.807, 2.05) is 25.1 Å². The van der Waals surface area contributed by atoms with E-state index >= 15 is 0 Å². The normalized spacial score (nSPS) is 23.2. The largest absolute Gasteiger partial charge is 0.333 e. The Kier molecular flexibility index (Phi) is 2.91. The van der Waals surface area contributed by atoms with E-state index in [2.05, 4.69) is 4.98 Å². The van der Waals surface area contributed by atoms with E-state index in [4.69, 9.17) is 11.6 Å². The highest BCUT2D eigenvalue weighted by Gasteiger charge is 2.32. The number of carbonyl (C=O) groups excluding carboxylic acids is 1. The van der Waals surface area contributed by atoms with Gasteiger partial charge in [-0.25, -0.2) is 0 Å². The van der Waals surface area contributed by atoms with Crippen LogP contribution in [-0.2, 0) is 4.79 Å². The van der Waals surface area contributed by atoms with Crippen LogP contribution >= 0.6 is 11.6 Å². The second-order valence-electron chi connectivity index (χ2n) is 3.78. The Morgan fingerprint density at radius 3 is 2.93 bits per heavy atom. The summed E-state index contributed by atoms with van der Waals surface area (Å²) >= 11 is 5.95. The van der Waals surface area contributed by atoms with Crippen molar-refractivity contribution in [1.29, 1.82) is 0 Å². The molecule has 2 rings (SSSR count). The molecule has 4 heteroatoms. The third kappa shape index (κ3) is 2.12. The molecule has 1 aromatic rings. The maximum Gasteiger partial charge on any atom is 0.224 e. The van der Waals surface area contributed by atoms with Gasteiger partial charge in [-0.3, -0.25) is 9.78 Å². The number of nitrogens with zero attached hydrogens (tertiary/aromatic N) is 2. The molecule has 0 N–H and O–H groups in total. The van der Waals surface area contributed by atoms with Gasteiger partial charge < -0.3 is 4.90 Å². The van der Waals surface area contributed by atoms with Crippen molar-refractivity contribution < 1.29 is 4.79 Å². The second-order valence-corrected chi connectivity index (χ2v) is 4.40. The lowest BCUT2D eigenvalue weighted by Crippen LogP contribution is -2.29. The fourth-order valence-electron chi connectivity index (χ4n) is 1.84. The van der Waals surface area contributed by atoms with Gasteiger partial charge in [0.15, 0.2) is 0 Å². The lowest BCUT2D eigenvalue weighted by Gasteiger charge is -2.23. The van der Waals surface area contributed by atoms with Crippen LogP contribution in [0, 0.1) is 0 Å². The van der Waals surface area contributed by atoms with Gasteiger partial charge in [-0.05, 0) is 19.1 Å². The lowest BCUT2D eigenvalue weighted by molar-refractivity contribution is -0.129. The van der Waals surface area contributed by atoms with E-state index in [0.717, 1.165) is 5.69 Å². The average molecular weight is 225 g/mol. The van der Waals surface area contributed by atoms with Crippen LogP contribution in [0.1, 0.15) is 25.1 Å². The van der Waals surface area contributed by atoms with E-state index < -0.39 is 0 Å². The van der Waals surface area contributed by atoms with Crippen LogP contribution in [0.2, 0.25) is 0 Å². The van der Waals surface area contributed by atoms with E-state index in [0.29, 0.717) is 13.0 Å². The van der Waals surface area contributed by atoms with Gasteiger partial charge in [0.2, 0.25) is 5.91 Å². The van der Waals surface area contributed by atoms with Crippen LogP contribution in [0.4, 0.5) is 0 Å². The molecular formula is C11H13ClN2O. The molecular weight excluding hydrogens is 212 g/mol. The summed E-state index contributed by atoms with van der Waals surface area (Å²) in [5, 5.41) is -0.0522. The summed E-state index contributed by atoms with van der Waals surface area (Å²) in [7, 11) is 0. The SMILES string of the molecule is C[C@@H](c1ccccn1)N1CC(Cl)CC1=O. The van der Waals surface area contributed by atoms with Crippen LogP contribution in [0.25, 0.3) is 0 Å². The fraction of sp³-hybridized carbons (Fsp3) is 0.455. The Hall–Kier alpha value is -1.09. The molecule has 0 aromatic carbocycles. The van der Waals surface area contributed by atoms with Gasteiger partial charge in [0.1, 0.15) is 0 Å². The van der Waals surface area contributed by atoms with Crippen molar-refractivity contribution in [1.82, 2.24) is 9.88 Å². The molecule has 0 saturated carbocycles. The van der Waals surface area contributed by atoms with Crippen molar-refractivity contribution in [3.8, 4) is 0 Å². The second kappa shape index (κ2) is 4.19. The van der Waals surface area contributed by atoms with Crippen LogP contribution in [-0.4, -0.2) is 27.7 Å². The Labute approximate surface area is 94.1 Å². The van der Waals surface area contributed by atoms with Crippen molar-refractivity contribution >= 4 is 17.5 Å². The van der Waals surface area contributed by atoms with E-state index in [9.17, 15) is 4.79 Å². The predicted octanol–water partition coefficient (Wildman–Crippen LogP) is 1.98. The van der Waals surface area contributed by atoms with Crippen molar-refractivity contribution in [2.75, 3.05) is 6.54 Å². The van der Waals surface area contributed by atoms with Gasteiger partial charge >= 0.3 is 0 Å². The summed E-state index contributed by atoms with van der Waals surface area (Å²) in [6.07, 6.45) is 2.18. The molecule has 1 unspecified atom stereocenters. The molecule has 1 aromatic heterocycles. The van der Waals surface area contributed by atoms with Crippen molar-refractivity contribution in [2.24, 2.45) is 0 Å². The summed E-state index contributed by atoms with van der Waals surface area (Å²) < 4.78 is 0. The van der Waals surface area contributed by atoms with Crippen molar-refractivity contribution in [3.63, 3.8) is 0 Å². The highest BCUT2D eigenvalue weighted by molar-refractivity contribution is 6.22. The molecule has 80 valence electrons. The number of carbonyl (C=O) groups is 1. The maximum absolute atomic E-state index is 11.6. The summed E-state index contributed by atoms with van der Waals surface area (Å²) in [5.41, 5.74) is 0.914. The van der Waals surface area contributed by atoms with E-state index in [1.54, 1.807) is 11.1 Å². The Morgan fingerprint density at radius 1 is 1.60 bits per heavy atom. The van der Waals surface area contributed by atoms with Gasteiger partial charge in [0.25, 0.3) is 0 Å². The van der Waals surface area contributed by atoms with Gasteiger partial charge in [-0.2, -0.15) is 0 Å². The first-order valence-electron chi connectivity index (χ1n) is 5.03. The van der Waals surface area contributed by atoms with Crippen molar-refractivity contribution in [3.05, 3.63) is 30.1 Å². The molecule has 0 bridgehead atoms. The monoisotopic (exact) mass is 224 g/mol. The lowest BCUT2D eigenvalue weighted by atomic mass is 10.2. The molecule has 1 fully saturated rings. The molecule has 2 atom stereocenters. The number of likely N-dealkylation sites (tertiary alicyclic amines) is 1. The highest BCUT2D eigenvalue weighted by Crippen LogP contribution is 2.26. The predicted molar refractivity (Wildman–Crippen MR) is 58.6 cm³/mol. The molecule has 2 heterocycles. The minimum Gasteiger partial charge on any atom is -0.333 e. The number of hydrogen-bond acceptors (Lipinski definition) is 2. The standard InChI is InChI=1S/C11H13ClN2O/c1-8(10-4-2-3-5-13-10)14-7-9(12)6-11(14)15/h2-5,8-9H,6-7H2,1H3/t8-,9?/m0/s1. The minimum atomic E-state index is -0.0522. The highest BCUT2D eigenvalue weighted by atomic mass is 35.5. The molecule has 1 aliphatic heterocycles. The summed E-state index contributed by atoms with van der Waals surface area (Å²) in [6, 6.07) is 5.74. The van der Waals surface area contributed by atoms with Gasteiger partial charge in [0.05, 0.1) is 17.1 Å². The van der Waals surface area contributed by atoms with Crippen molar-refractivity contribution in [2.45, 2.75) is 24.8 Å². The van der Waals surface area contributed by atoms with Gasteiger partial charge in [-0.15, -0.1) is 11.6 Å². The number of hydrogen-bond donors (Lipinski definition) is 0. The Balaban J connectivity index is 2.15. The zero-order valence-electron chi connectivity index (χ0n) is 8.56. The molecule has 0 radical (unpaired) electrons. The summed E-state index contributed by atoms with van der Waals surface area (Å²) in [6.45, 7) is 2.60. The third-order valence-electron chi connectivity index (χ3n) is 2.69. The number of amides is 1. The minimum absolute atomic E-state index is 0.0162. The van der Waals surface area contributed by atoms with Gasteiger partial charge in [0, 0.05) is 19.2 Å². The number of halogens is 1. The summed E-state index contributed by atoms with van der Waals surface area (Å²) in [4.78, 5) is 17.7. The first-order chi connectivity index (χ1) is 7.18. The third-order valence-corrected chi connectivity index (χ3v) is 2.99. The zero-order chi connectivity index (χ0) is 10.8. The molecule has 3 nitrogen and oxygen atoms in total. The molecule has 15 heavy (non-hydrogen) atoms. The first-order valence-corrected chi connectivity index (χ1v) is 5.46. The molecule has 1 saturated heterocycles. The number of aromatic nitrogens is 1. The zero-order valence-corrected chi connectivity index (χ0v) is 9.31. The maximum atomic E-state index is 11.6. The number of pyridine rings is 1. The topological polar surface area (TPSA) is 33.2 Å². The molecule has 0 spiro atoms. The number of alkyl halides is 1. The van der Waals surface area contributed by atoms with Crippen LogP contribution in [0.15, 0.2) is 24.4 Å². The average Bonchev–Trinajstić information content (AvgIpc) is 2.58. The van der Waals surface area contributed by atoms with Gasteiger partial charge in [-0.1, -0.05) is 6.07 Å². The quantitative estimate of drug-likeness (QED) is 0.720. The van der Waals surface area contributed by atoms with Crippen LogP contribution in [0.3, 0.4) is 0 Å². The van der Waals surface area contributed by atoms with E-state index in [-0.39, 0.29) is 17.3 Å². The molecule has 0 aliphatic carbocycles. The van der Waals surface area contributed by atoms with Crippen LogP contribution < -0.4 is 0 Å². The molecule has 1 aliphatic rings.